The number of rotatable bonds is 3. The molecular formula is C13H24N2O2. The second-order valence-corrected chi connectivity index (χ2v) is 5.45. The van der Waals surface area contributed by atoms with Crippen LogP contribution in [0.3, 0.4) is 0 Å². The Kier molecular flexibility index (Phi) is 5.00. The zero-order valence-electron chi connectivity index (χ0n) is 11.2. The maximum atomic E-state index is 11.9. The van der Waals surface area contributed by atoms with Gasteiger partial charge < -0.3 is 15.4 Å². The van der Waals surface area contributed by atoms with Crippen LogP contribution in [0.2, 0.25) is 0 Å². The van der Waals surface area contributed by atoms with Gasteiger partial charge in [-0.2, -0.15) is 0 Å². The topological polar surface area (TPSA) is 55.6 Å². The van der Waals surface area contributed by atoms with Crippen molar-refractivity contribution in [1.82, 2.24) is 4.90 Å². The lowest BCUT2D eigenvalue weighted by atomic mass is 10.1. The van der Waals surface area contributed by atoms with Gasteiger partial charge in [-0.25, -0.2) is 4.79 Å². The molecular weight excluding hydrogens is 216 g/mol. The molecule has 0 unspecified atom stereocenters. The third-order valence-corrected chi connectivity index (χ3v) is 2.58. The Bertz CT molecular complexity index is 292. The highest BCUT2D eigenvalue weighted by atomic mass is 16.6. The van der Waals surface area contributed by atoms with Crippen molar-refractivity contribution in [3.63, 3.8) is 0 Å². The lowest BCUT2D eigenvalue weighted by Crippen LogP contribution is -2.40. The van der Waals surface area contributed by atoms with Crippen LogP contribution in [0, 0.1) is 0 Å². The summed E-state index contributed by atoms with van der Waals surface area (Å²) >= 11 is 0. The first-order valence-corrected chi connectivity index (χ1v) is 6.28. The molecule has 0 bridgehead atoms. The fourth-order valence-corrected chi connectivity index (χ4v) is 1.81. The first-order chi connectivity index (χ1) is 7.92. The normalized spacial score (nSPS) is 16.7. The molecule has 0 spiro atoms. The second kappa shape index (κ2) is 6.05. The zero-order valence-corrected chi connectivity index (χ0v) is 11.2. The Morgan fingerprint density at radius 1 is 1.53 bits per heavy atom. The highest BCUT2D eigenvalue weighted by Crippen LogP contribution is 2.17. The summed E-state index contributed by atoms with van der Waals surface area (Å²) in [5, 5.41) is 0. The lowest BCUT2D eigenvalue weighted by molar-refractivity contribution is 0.0261. The molecule has 4 nitrogen and oxygen atoms in total. The van der Waals surface area contributed by atoms with Crippen molar-refractivity contribution >= 4 is 6.09 Å². The van der Waals surface area contributed by atoms with E-state index in [1.807, 2.05) is 20.8 Å². The van der Waals surface area contributed by atoms with Gasteiger partial charge in [-0.15, -0.1) is 0 Å². The lowest BCUT2D eigenvalue weighted by Gasteiger charge is -2.30. The first-order valence-electron chi connectivity index (χ1n) is 6.28. The van der Waals surface area contributed by atoms with Crippen molar-refractivity contribution in [2.75, 3.05) is 19.6 Å². The van der Waals surface area contributed by atoms with Gasteiger partial charge in [0, 0.05) is 13.1 Å². The van der Waals surface area contributed by atoms with Gasteiger partial charge in [0.25, 0.3) is 0 Å². The molecule has 17 heavy (non-hydrogen) atoms. The van der Waals surface area contributed by atoms with Crippen LogP contribution in [0.25, 0.3) is 0 Å². The summed E-state index contributed by atoms with van der Waals surface area (Å²) in [7, 11) is 0. The number of hydrogen-bond acceptors (Lipinski definition) is 3. The van der Waals surface area contributed by atoms with E-state index in [9.17, 15) is 4.79 Å². The minimum atomic E-state index is -0.421. The smallest absolute Gasteiger partial charge is 0.410 e. The molecule has 4 heteroatoms. The molecule has 1 amide bonds. The van der Waals surface area contributed by atoms with Crippen LogP contribution in [0.5, 0.6) is 0 Å². The van der Waals surface area contributed by atoms with Crippen LogP contribution >= 0.6 is 0 Å². The Morgan fingerprint density at radius 2 is 2.24 bits per heavy atom. The van der Waals surface area contributed by atoms with Gasteiger partial charge in [-0.05, 0) is 46.6 Å². The highest BCUT2D eigenvalue weighted by Gasteiger charge is 2.23. The molecule has 1 aliphatic heterocycles. The number of ether oxygens (including phenoxy) is 1. The minimum absolute atomic E-state index is 0.212. The molecule has 2 N–H and O–H groups in total. The molecule has 0 radical (unpaired) electrons. The summed E-state index contributed by atoms with van der Waals surface area (Å²) in [6.07, 6.45) is 4.88. The summed E-state index contributed by atoms with van der Waals surface area (Å²) in [6, 6.07) is 0. The van der Waals surface area contributed by atoms with Crippen LogP contribution in [-0.4, -0.2) is 36.2 Å². The molecule has 0 saturated heterocycles. The first kappa shape index (κ1) is 14.0. The van der Waals surface area contributed by atoms with E-state index in [0.29, 0.717) is 13.1 Å². The molecule has 0 aromatic carbocycles. The van der Waals surface area contributed by atoms with E-state index in [-0.39, 0.29) is 6.09 Å². The molecule has 0 saturated carbocycles. The number of carbonyl (C=O) groups excluding carboxylic acids is 1. The highest BCUT2D eigenvalue weighted by molar-refractivity contribution is 5.68. The molecule has 1 aliphatic rings. The van der Waals surface area contributed by atoms with E-state index in [2.05, 4.69) is 6.08 Å². The SMILES string of the molecule is CC(C)(C)OC(=O)N1CCC=C(CCCN)C1. The van der Waals surface area contributed by atoms with E-state index in [4.69, 9.17) is 10.5 Å². The van der Waals surface area contributed by atoms with Gasteiger partial charge in [-0.3, -0.25) is 0 Å². The monoisotopic (exact) mass is 240 g/mol. The number of nitrogens with zero attached hydrogens (tertiary/aromatic N) is 1. The Morgan fingerprint density at radius 3 is 2.82 bits per heavy atom. The number of nitrogens with two attached hydrogens (primary N) is 1. The molecule has 0 aromatic rings. The van der Waals surface area contributed by atoms with Crippen molar-refractivity contribution in [3.05, 3.63) is 11.6 Å². The summed E-state index contributed by atoms with van der Waals surface area (Å²) in [6.45, 7) is 7.81. The van der Waals surface area contributed by atoms with Crippen molar-refractivity contribution in [3.8, 4) is 0 Å². The second-order valence-electron chi connectivity index (χ2n) is 5.45. The fourth-order valence-electron chi connectivity index (χ4n) is 1.81. The number of hydrogen-bond donors (Lipinski definition) is 1. The molecule has 98 valence electrons. The zero-order chi connectivity index (χ0) is 12.9. The molecule has 0 aliphatic carbocycles. The van der Waals surface area contributed by atoms with Crippen LogP contribution in [-0.2, 0) is 4.74 Å². The van der Waals surface area contributed by atoms with E-state index in [0.717, 1.165) is 25.8 Å². The summed E-state index contributed by atoms with van der Waals surface area (Å²) < 4.78 is 5.37. The average Bonchev–Trinajstić information content (AvgIpc) is 2.24. The van der Waals surface area contributed by atoms with Crippen molar-refractivity contribution in [2.45, 2.75) is 45.6 Å². The van der Waals surface area contributed by atoms with Crippen LogP contribution in [0.15, 0.2) is 11.6 Å². The van der Waals surface area contributed by atoms with E-state index in [1.54, 1.807) is 4.90 Å². The molecule has 0 atom stereocenters. The number of carbonyl (C=O) groups is 1. The molecule has 1 heterocycles. The van der Waals surface area contributed by atoms with Crippen molar-refractivity contribution in [2.24, 2.45) is 5.73 Å². The number of amides is 1. The minimum Gasteiger partial charge on any atom is -0.444 e. The van der Waals surface area contributed by atoms with E-state index in [1.165, 1.54) is 5.57 Å². The van der Waals surface area contributed by atoms with Gasteiger partial charge in [0.1, 0.15) is 5.60 Å². The summed E-state index contributed by atoms with van der Waals surface area (Å²) in [5.74, 6) is 0. The van der Waals surface area contributed by atoms with Gasteiger partial charge in [0.05, 0.1) is 0 Å². The van der Waals surface area contributed by atoms with Gasteiger partial charge in [-0.1, -0.05) is 11.6 Å². The molecule has 1 rings (SSSR count). The van der Waals surface area contributed by atoms with Crippen LogP contribution < -0.4 is 5.73 Å². The maximum Gasteiger partial charge on any atom is 0.410 e. The van der Waals surface area contributed by atoms with Crippen molar-refractivity contribution in [1.29, 1.82) is 0 Å². The largest absolute Gasteiger partial charge is 0.444 e. The third-order valence-electron chi connectivity index (χ3n) is 2.58. The fraction of sp³-hybridized carbons (Fsp3) is 0.769. The average molecular weight is 240 g/mol. The van der Waals surface area contributed by atoms with Crippen LogP contribution in [0.4, 0.5) is 4.79 Å². The summed E-state index contributed by atoms with van der Waals surface area (Å²) in [5.41, 5.74) is 6.37. The van der Waals surface area contributed by atoms with E-state index < -0.39 is 5.60 Å². The maximum absolute atomic E-state index is 11.9. The van der Waals surface area contributed by atoms with Gasteiger partial charge in [0.15, 0.2) is 0 Å². The summed E-state index contributed by atoms with van der Waals surface area (Å²) in [4.78, 5) is 13.7. The van der Waals surface area contributed by atoms with Crippen LogP contribution in [0.1, 0.15) is 40.0 Å². The standard InChI is InChI=1S/C13H24N2O2/c1-13(2,3)17-12(16)15-9-5-7-11(10-15)6-4-8-14/h7H,4-6,8-10,14H2,1-3H3. The Balaban J connectivity index is 2.46. The third kappa shape index (κ3) is 5.22. The van der Waals surface area contributed by atoms with Gasteiger partial charge >= 0.3 is 6.09 Å². The van der Waals surface area contributed by atoms with Crippen molar-refractivity contribution < 1.29 is 9.53 Å². The Labute approximate surface area is 104 Å². The molecule has 0 fully saturated rings. The predicted octanol–water partition coefficient (Wildman–Crippen LogP) is 2.29. The quantitative estimate of drug-likeness (QED) is 0.770. The predicted molar refractivity (Wildman–Crippen MR) is 68.8 cm³/mol. The Hall–Kier alpha value is -1.03. The van der Waals surface area contributed by atoms with Gasteiger partial charge in [0.2, 0.25) is 0 Å². The van der Waals surface area contributed by atoms with E-state index >= 15 is 0 Å². The molecule has 0 aromatic heterocycles.